The third-order valence-electron chi connectivity index (χ3n) is 11.9. The maximum absolute atomic E-state index is 14.5. The minimum absolute atomic E-state index is 0.189. The molecule has 0 aliphatic carbocycles. The predicted octanol–water partition coefficient (Wildman–Crippen LogP) is -0.860. The number of esters is 2. The lowest BCUT2D eigenvalue weighted by atomic mass is 9.97. The van der Waals surface area contributed by atoms with Crippen LogP contribution in [0.5, 0.6) is 0 Å². The van der Waals surface area contributed by atoms with E-state index >= 15 is 0 Å². The molecule has 9 N–H and O–H groups in total. The van der Waals surface area contributed by atoms with Crippen molar-refractivity contribution in [3.63, 3.8) is 0 Å². The number of amides is 1. The first kappa shape index (κ1) is 54.8. The third kappa shape index (κ3) is 15.1. The molecule has 4 heterocycles. The van der Waals surface area contributed by atoms with E-state index in [0.717, 1.165) is 54.5 Å². The van der Waals surface area contributed by atoms with Gasteiger partial charge in [0.2, 0.25) is 5.91 Å². The molecule has 3 aliphatic rings. The van der Waals surface area contributed by atoms with Crippen LogP contribution in [0.3, 0.4) is 0 Å². The number of unbranched alkanes of at least 4 members (excludes halogenated alkanes) is 4. The van der Waals surface area contributed by atoms with Crippen molar-refractivity contribution in [2.75, 3.05) is 27.2 Å². The Morgan fingerprint density at radius 2 is 1.58 bits per heavy atom. The number of aliphatic hydroxyl groups is 4. The summed E-state index contributed by atoms with van der Waals surface area (Å²) in [6, 6.07) is -2.59. The van der Waals surface area contributed by atoms with Crippen LogP contribution in [-0.4, -0.2) is 180 Å². The number of carboxylic acids is 2. The zero-order valence-corrected chi connectivity index (χ0v) is 38.2. The minimum atomic E-state index is -1.96. The van der Waals surface area contributed by atoms with Crippen LogP contribution >= 0.6 is 0 Å². The first-order valence-corrected chi connectivity index (χ1v) is 22.6. The van der Waals surface area contributed by atoms with Crippen LogP contribution < -0.4 is 17.0 Å². The Morgan fingerprint density at radius 3 is 2.19 bits per heavy atom. The number of nitrogens with zero attached hydrogens (tertiary/aromatic N) is 3. The van der Waals surface area contributed by atoms with E-state index in [9.17, 15) is 64.2 Å². The molecule has 3 fully saturated rings. The number of aromatic nitrogens is 2. The second-order valence-electron chi connectivity index (χ2n) is 17.3. The number of likely N-dealkylation sites (N-methyl/N-ethyl adjacent to an activating group) is 2. The van der Waals surface area contributed by atoms with Gasteiger partial charge in [-0.3, -0.25) is 38.4 Å². The van der Waals surface area contributed by atoms with Crippen molar-refractivity contribution >= 4 is 29.8 Å². The number of aromatic amines is 1. The molecule has 0 aromatic carbocycles. The van der Waals surface area contributed by atoms with Gasteiger partial charge in [-0.15, -0.1) is 0 Å². The van der Waals surface area contributed by atoms with Gasteiger partial charge >= 0.3 is 29.6 Å². The molecule has 4 rings (SSSR count). The summed E-state index contributed by atoms with van der Waals surface area (Å²) in [6.07, 6.45) is -3.57. The van der Waals surface area contributed by atoms with Crippen LogP contribution in [0.15, 0.2) is 46.2 Å². The first-order valence-electron chi connectivity index (χ1n) is 22.6. The molecule has 376 valence electrons. The number of carbonyl (C=O) groups is 5. The highest BCUT2D eigenvalue weighted by Gasteiger charge is 2.57. The standard InChI is InChI=1S/C44H67N5O18/c1-5-6-7-8-9-10-11-12-13-14-15-16-25(63-30(53)20-24(2)19-29(51)52)21-31(54)64-27-23-47(3)33(40(59)48(4)32(27)42(60)61)38(67-43-37(58)34(55)26(22-45)65-43)39-35(56)36(57)41(66-39)49-18-17-28(50)46-44(49)62/h9-10,12-13,17-18,24-27,32-39,41,43,55-58H,5-8,11,14-16,19-23,45H2,1-4H3,(H,51,52)(H,60,61)(H,46,50,62)/b10-9-,13-12-/t24?,25?,26-,27?,32?,33?,34-,35+,36-,37-,38?,39+,41-,43+/m1/s1. The van der Waals surface area contributed by atoms with Crippen molar-refractivity contribution in [3.8, 4) is 0 Å². The molecule has 0 bridgehead atoms. The van der Waals surface area contributed by atoms with Crippen LogP contribution in [0.2, 0.25) is 0 Å². The topological polar surface area (TPSA) is 340 Å². The van der Waals surface area contributed by atoms with Gasteiger partial charge in [-0.25, -0.2) is 9.59 Å². The summed E-state index contributed by atoms with van der Waals surface area (Å²) >= 11 is 0. The summed E-state index contributed by atoms with van der Waals surface area (Å²) < 4.78 is 30.0. The van der Waals surface area contributed by atoms with Gasteiger partial charge in [0.1, 0.15) is 61.0 Å². The number of hydrogen-bond donors (Lipinski definition) is 8. The second-order valence-corrected chi connectivity index (χ2v) is 17.3. The number of aliphatic carboxylic acids is 2. The summed E-state index contributed by atoms with van der Waals surface area (Å²) in [4.78, 5) is 94.0. The number of aliphatic hydroxyl groups excluding tert-OH is 4. The number of nitrogens with one attached hydrogen (secondary N) is 1. The van der Waals surface area contributed by atoms with Gasteiger partial charge < -0.3 is 65.0 Å². The Bertz CT molecular complexity index is 1990. The summed E-state index contributed by atoms with van der Waals surface area (Å²) in [6.45, 7) is 2.92. The smallest absolute Gasteiger partial charge is 0.330 e. The normalized spacial score (nSPS) is 29.5. The summed E-state index contributed by atoms with van der Waals surface area (Å²) in [7, 11) is 2.45. The maximum Gasteiger partial charge on any atom is 0.330 e. The Hall–Kier alpha value is -4.85. The molecule has 0 spiro atoms. The van der Waals surface area contributed by atoms with Crippen molar-refractivity contribution in [2.24, 2.45) is 11.7 Å². The fourth-order valence-corrected chi connectivity index (χ4v) is 8.40. The lowest BCUT2D eigenvalue weighted by Crippen LogP contribution is -2.59. The Morgan fingerprint density at radius 1 is 0.896 bits per heavy atom. The number of nitrogens with two attached hydrogens (primary N) is 1. The van der Waals surface area contributed by atoms with E-state index in [2.05, 4.69) is 19.1 Å². The van der Waals surface area contributed by atoms with E-state index in [4.69, 9.17) is 29.4 Å². The van der Waals surface area contributed by atoms with E-state index in [1.807, 2.05) is 17.1 Å². The summed E-state index contributed by atoms with van der Waals surface area (Å²) in [5, 5.41) is 63.8. The van der Waals surface area contributed by atoms with Crippen LogP contribution in [-0.2, 0) is 47.7 Å². The highest BCUT2D eigenvalue weighted by Crippen LogP contribution is 2.36. The third-order valence-corrected chi connectivity index (χ3v) is 11.9. The molecule has 1 aromatic rings. The zero-order chi connectivity index (χ0) is 49.5. The molecule has 3 saturated heterocycles. The first-order chi connectivity index (χ1) is 31.8. The molecule has 3 aliphatic heterocycles. The molecular weight excluding hydrogens is 887 g/mol. The van der Waals surface area contributed by atoms with E-state index in [1.165, 1.54) is 18.4 Å². The SMILES string of the molecule is CCCCC/C=C\C/C=C\CCCC(CC(=O)OC1CN(C)C(C(O[C@@H]2O[C@H](CN)[C@@H](O)[C@H]2O)[C@H]2O[C@@H](n3ccc(=O)[nH]c3=O)[C@H](O)[C@@H]2O)C(=O)N(C)C1C(=O)O)OC(=O)CC(C)CC(=O)O. The van der Waals surface area contributed by atoms with Gasteiger partial charge in [0, 0.05) is 45.2 Å². The van der Waals surface area contributed by atoms with Gasteiger partial charge in [-0.2, -0.15) is 0 Å². The lowest BCUT2D eigenvalue weighted by Gasteiger charge is -2.38. The molecule has 0 saturated carbocycles. The molecule has 23 heteroatoms. The summed E-state index contributed by atoms with van der Waals surface area (Å²) in [5.74, 6) is -6.01. The number of hydrogen-bond acceptors (Lipinski definition) is 18. The predicted molar refractivity (Wildman–Crippen MR) is 234 cm³/mol. The van der Waals surface area contributed by atoms with E-state index < -0.39 is 139 Å². The number of allylic oxidation sites excluding steroid dienone is 4. The molecule has 6 unspecified atom stereocenters. The Labute approximate surface area is 387 Å². The molecule has 14 atom stereocenters. The van der Waals surface area contributed by atoms with Crippen molar-refractivity contribution in [3.05, 3.63) is 57.4 Å². The van der Waals surface area contributed by atoms with Crippen LogP contribution in [0, 0.1) is 5.92 Å². The number of carboxylic acid groups (broad SMARTS) is 2. The highest BCUT2D eigenvalue weighted by molar-refractivity contribution is 5.88. The van der Waals surface area contributed by atoms with Gasteiger partial charge in [0.15, 0.2) is 18.6 Å². The molecule has 23 nitrogen and oxygen atoms in total. The van der Waals surface area contributed by atoms with Gasteiger partial charge in [0.25, 0.3) is 5.56 Å². The Kier molecular flexibility index (Phi) is 21.3. The van der Waals surface area contributed by atoms with Crippen molar-refractivity contribution in [2.45, 2.75) is 164 Å². The molecule has 67 heavy (non-hydrogen) atoms. The van der Waals surface area contributed by atoms with Gasteiger partial charge in [0.05, 0.1) is 6.42 Å². The van der Waals surface area contributed by atoms with E-state index in [0.29, 0.717) is 12.8 Å². The van der Waals surface area contributed by atoms with E-state index in [1.54, 1.807) is 6.92 Å². The van der Waals surface area contributed by atoms with Gasteiger partial charge in [-0.05, 0) is 51.5 Å². The fourth-order valence-electron chi connectivity index (χ4n) is 8.40. The van der Waals surface area contributed by atoms with Crippen LogP contribution in [0.25, 0.3) is 0 Å². The fraction of sp³-hybridized carbons (Fsp3) is 0.705. The monoisotopic (exact) mass is 953 g/mol. The van der Waals surface area contributed by atoms with Crippen molar-refractivity contribution in [1.29, 1.82) is 0 Å². The zero-order valence-electron chi connectivity index (χ0n) is 38.2. The minimum Gasteiger partial charge on any atom is -0.481 e. The molecule has 1 amide bonds. The van der Waals surface area contributed by atoms with Crippen molar-refractivity contribution in [1.82, 2.24) is 19.4 Å². The van der Waals surface area contributed by atoms with E-state index in [-0.39, 0.29) is 25.8 Å². The van der Waals surface area contributed by atoms with Gasteiger partial charge in [-0.1, -0.05) is 51.0 Å². The lowest BCUT2D eigenvalue weighted by molar-refractivity contribution is -0.233. The Balaban J connectivity index is 1.59. The summed E-state index contributed by atoms with van der Waals surface area (Å²) in [5.41, 5.74) is 3.90. The highest BCUT2D eigenvalue weighted by atomic mass is 16.7. The van der Waals surface area contributed by atoms with Crippen molar-refractivity contribution < 1.29 is 78.3 Å². The molecule has 0 radical (unpaired) electrons. The number of ether oxygens (including phenoxy) is 5. The average molecular weight is 954 g/mol. The largest absolute Gasteiger partial charge is 0.481 e. The maximum atomic E-state index is 14.5. The second kappa shape index (κ2) is 26.1. The molecular formula is C44H67N5O18. The number of H-pyrrole nitrogens is 1. The number of carbonyl (C=O) groups excluding carboxylic acids is 3. The quantitative estimate of drug-likeness (QED) is 0.0336. The number of rotatable bonds is 25. The van der Waals surface area contributed by atoms with Crippen LogP contribution in [0.4, 0.5) is 0 Å². The van der Waals surface area contributed by atoms with Crippen LogP contribution in [0.1, 0.15) is 90.7 Å². The molecule has 1 aromatic heterocycles. The average Bonchev–Trinajstić information content (AvgIpc) is 3.66.